The van der Waals surface area contributed by atoms with Crippen molar-refractivity contribution in [2.45, 2.75) is 84.4 Å². The van der Waals surface area contributed by atoms with Gasteiger partial charge in [0, 0.05) is 98.6 Å². The highest BCUT2D eigenvalue weighted by atomic mass is 35.5. The number of nitrogens with one attached hydrogen (secondary N) is 2. The molecule has 3 saturated heterocycles. The van der Waals surface area contributed by atoms with Gasteiger partial charge in [-0.05, 0) is 68.9 Å². The first-order valence-electron chi connectivity index (χ1n) is 21.2. The fourth-order valence-electron chi connectivity index (χ4n) is 10.2. The Bertz CT molecular complexity index is 2440. The summed E-state index contributed by atoms with van der Waals surface area (Å²) >= 11 is 6.25. The Morgan fingerprint density at radius 3 is 2.36 bits per heavy atom. The number of aromatic nitrogens is 4. The first-order chi connectivity index (χ1) is 29.1. The van der Waals surface area contributed by atoms with Crippen LogP contribution in [0.2, 0.25) is 5.02 Å². The van der Waals surface area contributed by atoms with E-state index in [1.165, 1.54) is 4.68 Å². The number of hydrogen-bond donors (Lipinski definition) is 2. The van der Waals surface area contributed by atoms with Crippen LogP contribution in [0.1, 0.15) is 82.6 Å². The van der Waals surface area contributed by atoms with Gasteiger partial charge in [0.05, 0.1) is 27.7 Å². The number of ether oxygens (including phenoxy) is 1. The quantitative estimate of drug-likeness (QED) is 0.218. The van der Waals surface area contributed by atoms with Gasteiger partial charge in [0.1, 0.15) is 23.5 Å². The molecule has 2 aromatic heterocycles. The number of anilines is 2. The largest absolute Gasteiger partial charge is 0.489 e. The third-order valence-electron chi connectivity index (χ3n) is 13.5. The number of piperazine rings is 1. The molecule has 4 aliphatic rings. The van der Waals surface area contributed by atoms with Crippen molar-refractivity contribution in [3.8, 4) is 11.8 Å². The van der Waals surface area contributed by atoms with Gasteiger partial charge in [-0.3, -0.25) is 29.4 Å². The van der Waals surface area contributed by atoms with Crippen molar-refractivity contribution in [1.29, 1.82) is 5.26 Å². The summed E-state index contributed by atoms with van der Waals surface area (Å²) in [5.74, 6) is 0.704. The molecule has 1 unspecified atom stereocenters. The van der Waals surface area contributed by atoms with E-state index in [1.807, 2.05) is 18.2 Å². The van der Waals surface area contributed by atoms with Gasteiger partial charge in [-0.25, -0.2) is 14.6 Å². The molecular weight excluding hydrogens is 796 g/mol. The van der Waals surface area contributed by atoms with E-state index in [9.17, 15) is 24.4 Å². The number of nitrogens with zero attached hydrogens (tertiary/aromatic N) is 8. The van der Waals surface area contributed by atoms with Crippen molar-refractivity contribution >= 4 is 51.7 Å². The van der Waals surface area contributed by atoms with Gasteiger partial charge in [0.25, 0.3) is 17.4 Å². The lowest BCUT2D eigenvalue weighted by Gasteiger charge is -2.63. The van der Waals surface area contributed by atoms with Gasteiger partial charge in [-0.15, -0.1) is 0 Å². The molecule has 16 heteroatoms. The van der Waals surface area contributed by atoms with Crippen LogP contribution in [0.5, 0.6) is 5.75 Å². The number of nitriles is 1. The second-order valence-corrected chi connectivity index (χ2v) is 18.8. The number of piperidine rings is 1. The van der Waals surface area contributed by atoms with Gasteiger partial charge in [-0.1, -0.05) is 39.3 Å². The topological polar surface area (TPSA) is 179 Å². The summed E-state index contributed by atoms with van der Waals surface area (Å²) in [7, 11) is 0. The van der Waals surface area contributed by atoms with Crippen LogP contribution >= 0.6 is 11.6 Å². The summed E-state index contributed by atoms with van der Waals surface area (Å²) in [5, 5.41) is 20.7. The molecule has 3 amide bonds. The normalized spacial score (nSPS) is 25.2. The number of imide groups is 1. The Labute approximate surface area is 360 Å². The smallest absolute Gasteiger partial charge is 0.275 e. The standard InChI is InChI=1S/C45H53ClN10O5/c1-43(2)39(44(3,4)40(43)61-33-10-8-29(23-47)35(46)22-33)52-37(58)31-24-48-42(49-25-31)55-15-6-7-28(13-16-55)27-53-17-19-54(20-18-53)32-9-11-34-30(21-32)26-50-56(38(34)59)45(5)14-12-36(57)51-41(45)60/h8-11,21-22,24-26,28,39-40H,6-7,12-20,27H2,1-5H3,(H,52,58)(H,51,57,60)/t28?,39-,40-,45-/m0/s1. The van der Waals surface area contributed by atoms with E-state index in [-0.39, 0.29) is 53.2 Å². The molecule has 0 radical (unpaired) electrons. The monoisotopic (exact) mass is 848 g/mol. The first kappa shape index (κ1) is 42.1. The van der Waals surface area contributed by atoms with E-state index in [0.717, 1.165) is 76.1 Å². The molecule has 1 aliphatic carbocycles. The van der Waals surface area contributed by atoms with Crippen molar-refractivity contribution in [2.24, 2.45) is 16.7 Å². The summed E-state index contributed by atoms with van der Waals surface area (Å²) in [4.78, 5) is 67.8. The van der Waals surface area contributed by atoms with Crippen molar-refractivity contribution in [3.05, 3.63) is 81.5 Å². The Balaban J connectivity index is 0.811. The minimum atomic E-state index is -1.22. The van der Waals surface area contributed by atoms with Crippen molar-refractivity contribution in [1.82, 2.24) is 35.3 Å². The van der Waals surface area contributed by atoms with Crippen LogP contribution in [0.4, 0.5) is 11.6 Å². The van der Waals surface area contributed by atoms with E-state index < -0.39 is 11.4 Å². The maximum absolute atomic E-state index is 13.5. The molecule has 4 fully saturated rings. The molecule has 2 N–H and O–H groups in total. The van der Waals surface area contributed by atoms with Gasteiger partial charge in [0.15, 0.2) is 0 Å². The number of rotatable bonds is 9. The zero-order chi connectivity index (χ0) is 43.3. The van der Waals surface area contributed by atoms with Gasteiger partial charge < -0.3 is 19.9 Å². The lowest BCUT2D eigenvalue weighted by molar-refractivity contribution is -0.164. The minimum Gasteiger partial charge on any atom is -0.489 e. The molecule has 5 heterocycles. The van der Waals surface area contributed by atoms with Gasteiger partial charge in [0.2, 0.25) is 11.9 Å². The summed E-state index contributed by atoms with van der Waals surface area (Å²) in [6, 6.07) is 12.7. The second kappa shape index (κ2) is 16.4. The molecule has 15 nitrogen and oxygen atoms in total. The van der Waals surface area contributed by atoms with Crippen LogP contribution in [-0.4, -0.2) is 100 Å². The molecule has 4 aromatic rings. The lowest BCUT2D eigenvalue weighted by Crippen LogP contribution is -2.74. The highest BCUT2D eigenvalue weighted by Gasteiger charge is 2.64. The van der Waals surface area contributed by atoms with Crippen molar-refractivity contribution in [3.63, 3.8) is 0 Å². The highest BCUT2D eigenvalue weighted by Crippen LogP contribution is 2.55. The molecule has 320 valence electrons. The number of benzene rings is 2. The number of carbonyl (C=O) groups is 3. The average Bonchev–Trinajstić information content (AvgIpc) is 3.49. The van der Waals surface area contributed by atoms with E-state index in [0.29, 0.717) is 39.2 Å². The van der Waals surface area contributed by atoms with Gasteiger partial charge in [-0.2, -0.15) is 10.4 Å². The Kier molecular flexibility index (Phi) is 11.3. The van der Waals surface area contributed by atoms with Crippen LogP contribution in [0, 0.1) is 28.1 Å². The van der Waals surface area contributed by atoms with Crippen LogP contribution in [0.25, 0.3) is 10.8 Å². The van der Waals surface area contributed by atoms with E-state index in [4.69, 9.17) is 16.3 Å². The average molecular weight is 849 g/mol. The maximum Gasteiger partial charge on any atom is 0.275 e. The zero-order valence-corrected chi connectivity index (χ0v) is 36.2. The summed E-state index contributed by atoms with van der Waals surface area (Å²) < 4.78 is 7.59. The zero-order valence-electron chi connectivity index (χ0n) is 35.4. The molecule has 3 aliphatic heterocycles. The fourth-order valence-corrected chi connectivity index (χ4v) is 10.4. The maximum atomic E-state index is 13.5. The fraction of sp³-hybridized carbons (Fsp3) is 0.511. The molecule has 1 saturated carbocycles. The third-order valence-corrected chi connectivity index (χ3v) is 13.8. The summed E-state index contributed by atoms with van der Waals surface area (Å²) in [5.41, 5.74) is -0.498. The SMILES string of the molecule is CC1(C)[C@H](NC(=O)c2cnc(N3CCCC(CN4CCN(c5ccc6c(=O)n([C@@]7(C)CCC(=O)NC7=O)ncc6c5)CC4)CC3)nc2)C(C)(C)[C@H]1Oc1ccc(C#N)c(Cl)c1. The highest BCUT2D eigenvalue weighted by molar-refractivity contribution is 6.31. The molecule has 8 rings (SSSR count). The molecular formula is C45H53ClN10O5. The van der Waals surface area contributed by atoms with E-state index >= 15 is 0 Å². The molecule has 2 atom stereocenters. The number of hydrogen-bond acceptors (Lipinski definition) is 12. The first-order valence-corrected chi connectivity index (χ1v) is 21.5. The number of amides is 3. The predicted octanol–water partition coefficient (Wildman–Crippen LogP) is 4.90. The van der Waals surface area contributed by atoms with Crippen molar-refractivity contribution < 1.29 is 19.1 Å². The van der Waals surface area contributed by atoms with Crippen molar-refractivity contribution in [2.75, 3.05) is 55.6 Å². The Morgan fingerprint density at radius 2 is 1.67 bits per heavy atom. The van der Waals surface area contributed by atoms with Crippen LogP contribution in [0.3, 0.4) is 0 Å². The second-order valence-electron chi connectivity index (χ2n) is 18.4. The van der Waals surface area contributed by atoms with Crippen LogP contribution in [0.15, 0.2) is 59.8 Å². The minimum absolute atomic E-state index is 0.157. The van der Waals surface area contributed by atoms with E-state index in [2.05, 4.69) is 74.2 Å². The van der Waals surface area contributed by atoms with E-state index in [1.54, 1.807) is 43.7 Å². The Hall–Kier alpha value is -5.59. The Morgan fingerprint density at radius 1 is 0.934 bits per heavy atom. The molecule has 0 spiro atoms. The molecule has 0 bridgehead atoms. The lowest BCUT2D eigenvalue weighted by atomic mass is 9.49. The van der Waals surface area contributed by atoms with Crippen LogP contribution in [-0.2, 0) is 15.1 Å². The molecule has 61 heavy (non-hydrogen) atoms. The van der Waals surface area contributed by atoms with Crippen LogP contribution < -0.4 is 30.7 Å². The number of halogens is 1. The molecule has 2 aromatic carbocycles. The number of fused-ring (bicyclic) bond motifs is 1. The third kappa shape index (κ3) is 8.03. The predicted molar refractivity (Wildman–Crippen MR) is 232 cm³/mol. The summed E-state index contributed by atoms with van der Waals surface area (Å²) in [6.07, 6.45) is 8.24. The number of carbonyl (C=O) groups excluding carboxylic acids is 3. The summed E-state index contributed by atoms with van der Waals surface area (Å²) in [6.45, 7) is 16.3. The van der Waals surface area contributed by atoms with Gasteiger partial charge >= 0.3 is 0 Å².